The van der Waals surface area contributed by atoms with Gasteiger partial charge in [0.1, 0.15) is 35.7 Å². The molecule has 3 aromatic rings. The van der Waals surface area contributed by atoms with E-state index in [9.17, 15) is 18.7 Å². The Morgan fingerprint density at radius 3 is 2.62 bits per heavy atom. The van der Waals surface area contributed by atoms with Crippen LogP contribution in [0, 0.1) is 18.6 Å². The van der Waals surface area contributed by atoms with Crippen LogP contribution in [0.2, 0.25) is 0 Å². The maximum absolute atomic E-state index is 13.7. The number of aromatic nitrogens is 1. The van der Waals surface area contributed by atoms with Gasteiger partial charge in [-0.15, -0.1) is 11.3 Å². The monoisotopic (exact) mass is 490 g/mol. The summed E-state index contributed by atoms with van der Waals surface area (Å²) < 4.78 is 34.3. The number of aryl methyl sites for hydroxylation is 1. The Labute approximate surface area is 201 Å². The molecule has 10 heteroatoms. The highest BCUT2D eigenvalue weighted by molar-refractivity contribution is 7.18. The topological polar surface area (TPSA) is 77.9 Å². The molecule has 1 atom stereocenters. The molecule has 7 nitrogen and oxygen atoms in total. The molecule has 0 radical (unpaired) electrons. The van der Waals surface area contributed by atoms with Gasteiger partial charge in [-0.05, 0) is 31.2 Å². The number of aliphatic hydroxyl groups is 1. The highest BCUT2D eigenvalue weighted by atomic mass is 32.1. The highest BCUT2D eigenvalue weighted by Gasteiger charge is 2.21. The van der Waals surface area contributed by atoms with Crippen LogP contribution in [-0.4, -0.2) is 84.3 Å². The molecule has 2 heterocycles. The largest absolute Gasteiger partial charge is 0.491 e. The van der Waals surface area contributed by atoms with E-state index < -0.39 is 29.2 Å². The van der Waals surface area contributed by atoms with Crippen LogP contribution >= 0.6 is 11.3 Å². The molecule has 0 aliphatic carbocycles. The number of piperazine rings is 1. The van der Waals surface area contributed by atoms with Crippen molar-refractivity contribution >= 4 is 27.5 Å². The molecule has 4 rings (SSSR count). The molecule has 1 amide bonds. The van der Waals surface area contributed by atoms with E-state index in [4.69, 9.17) is 4.74 Å². The number of halogens is 2. The number of ether oxygens (including phenoxy) is 1. The molecule has 0 saturated carbocycles. The lowest BCUT2D eigenvalue weighted by molar-refractivity contribution is 0.0462. The summed E-state index contributed by atoms with van der Waals surface area (Å²) in [4.78, 5) is 20.9. The molecule has 182 valence electrons. The third kappa shape index (κ3) is 6.26. The summed E-state index contributed by atoms with van der Waals surface area (Å²) in [6.07, 6.45) is -0.616. The van der Waals surface area contributed by atoms with Crippen molar-refractivity contribution in [2.45, 2.75) is 13.0 Å². The first-order valence-electron chi connectivity index (χ1n) is 11.2. The summed E-state index contributed by atoms with van der Waals surface area (Å²) in [6, 6.07) is 9.13. The van der Waals surface area contributed by atoms with Crippen LogP contribution in [0.1, 0.15) is 15.4 Å². The van der Waals surface area contributed by atoms with Crippen LogP contribution in [-0.2, 0) is 0 Å². The van der Waals surface area contributed by atoms with Crippen LogP contribution in [0.3, 0.4) is 0 Å². The average Bonchev–Trinajstić information content (AvgIpc) is 3.18. The van der Waals surface area contributed by atoms with E-state index in [1.54, 1.807) is 11.3 Å². The number of aliphatic hydroxyl groups excluding tert-OH is 1. The fourth-order valence-corrected chi connectivity index (χ4v) is 4.79. The van der Waals surface area contributed by atoms with Crippen molar-refractivity contribution in [1.82, 2.24) is 20.1 Å². The van der Waals surface area contributed by atoms with Crippen molar-refractivity contribution in [3.8, 4) is 5.75 Å². The van der Waals surface area contributed by atoms with Crippen LogP contribution < -0.4 is 10.1 Å². The third-order valence-electron chi connectivity index (χ3n) is 5.75. The van der Waals surface area contributed by atoms with E-state index in [0.717, 1.165) is 53.5 Å². The summed E-state index contributed by atoms with van der Waals surface area (Å²) in [5.41, 5.74) is 0.353. The fraction of sp³-hybridized carbons (Fsp3) is 0.417. The minimum atomic E-state index is -0.868. The highest BCUT2D eigenvalue weighted by Crippen LogP contribution is 2.25. The maximum atomic E-state index is 13.7. The minimum Gasteiger partial charge on any atom is -0.491 e. The average molecular weight is 491 g/mol. The molecule has 0 spiro atoms. The summed E-state index contributed by atoms with van der Waals surface area (Å²) in [7, 11) is 0. The predicted octanol–water partition coefficient (Wildman–Crippen LogP) is 2.67. The van der Waals surface area contributed by atoms with E-state index in [1.807, 2.05) is 25.1 Å². The van der Waals surface area contributed by atoms with Gasteiger partial charge in [-0.3, -0.25) is 14.6 Å². The Morgan fingerprint density at radius 2 is 1.88 bits per heavy atom. The number of hydrogen-bond donors (Lipinski definition) is 2. The number of thiazole rings is 1. The van der Waals surface area contributed by atoms with E-state index in [0.29, 0.717) is 25.4 Å². The van der Waals surface area contributed by atoms with E-state index in [1.165, 1.54) is 6.07 Å². The van der Waals surface area contributed by atoms with E-state index in [-0.39, 0.29) is 6.61 Å². The number of amides is 1. The Kier molecular flexibility index (Phi) is 8.04. The summed E-state index contributed by atoms with van der Waals surface area (Å²) in [5.74, 6) is -1.79. The van der Waals surface area contributed by atoms with Crippen molar-refractivity contribution < 1.29 is 23.4 Å². The Morgan fingerprint density at radius 1 is 1.18 bits per heavy atom. The van der Waals surface area contributed by atoms with Gasteiger partial charge in [-0.25, -0.2) is 13.8 Å². The molecule has 0 unspecified atom stereocenters. The van der Waals surface area contributed by atoms with Gasteiger partial charge >= 0.3 is 0 Å². The Bertz CT molecular complexity index is 1110. The minimum absolute atomic E-state index is 0.202. The first kappa shape index (κ1) is 24.5. The quantitative estimate of drug-likeness (QED) is 0.480. The number of rotatable bonds is 9. The molecule has 2 N–H and O–H groups in total. The second-order valence-electron chi connectivity index (χ2n) is 8.32. The van der Waals surface area contributed by atoms with Crippen molar-refractivity contribution in [3.63, 3.8) is 0 Å². The smallest absolute Gasteiger partial charge is 0.257 e. The second kappa shape index (κ2) is 11.2. The number of carbonyl (C=O) groups excluding carboxylic acids is 1. The van der Waals surface area contributed by atoms with E-state index >= 15 is 0 Å². The zero-order valence-electron chi connectivity index (χ0n) is 19.0. The first-order valence-corrected chi connectivity index (χ1v) is 12.1. The van der Waals surface area contributed by atoms with Gasteiger partial charge in [0.05, 0.1) is 15.2 Å². The van der Waals surface area contributed by atoms with Gasteiger partial charge in [0.2, 0.25) is 0 Å². The molecular formula is C24H28F2N4O3S. The van der Waals surface area contributed by atoms with Gasteiger partial charge < -0.3 is 15.2 Å². The van der Waals surface area contributed by atoms with Crippen molar-refractivity contribution in [2.24, 2.45) is 0 Å². The van der Waals surface area contributed by atoms with Crippen molar-refractivity contribution in [1.29, 1.82) is 0 Å². The van der Waals surface area contributed by atoms with Gasteiger partial charge in [-0.2, -0.15) is 0 Å². The number of hydrogen-bond acceptors (Lipinski definition) is 7. The normalized spacial score (nSPS) is 16.0. The van der Waals surface area contributed by atoms with Crippen LogP contribution in [0.15, 0.2) is 36.4 Å². The summed E-state index contributed by atoms with van der Waals surface area (Å²) >= 11 is 1.64. The SMILES string of the molecule is Cc1nc2cc(OC[C@H](O)CN3CCN(CCNC(=O)c4c(F)cccc4F)CC3)ccc2s1. The van der Waals surface area contributed by atoms with E-state index in [2.05, 4.69) is 20.1 Å². The lowest BCUT2D eigenvalue weighted by Gasteiger charge is -2.35. The third-order valence-corrected chi connectivity index (χ3v) is 6.70. The van der Waals surface area contributed by atoms with Crippen LogP contribution in [0.25, 0.3) is 10.2 Å². The lowest BCUT2D eigenvalue weighted by atomic mass is 10.2. The van der Waals surface area contributed by atoms with Gasteiger partial charge in [0.25, 0.3) is 5.91 Å². The molecule has 1 aliphatic heterocycles. The number of β-amino-alcohol motifs (C(OH)–C–C–N with tert-alkyl or cyclic N) is 1. The zero-order chi connectivity index (χ0) is 24.1. The zero-order valence-corrected chi connectivity index (χ0v) is 19.8. The number of carbonyl (C=O) groups is 1. The molecule has 1 saturated heterocycles. The Hall–Kier alpha value is -2.66. The fourth-order valence-electron chi connectivity index (χ4n) is 3.98. The Balaban J connectivity index is 1.14. The van der Waals surface area contributed by atoms with Crippen LogP contribution in [0.4, 0.5) is 8.78 Å². The number of benzene rings is 2. The molecule has 2 aromatic carbocycles. The molecule has 1 aliphatic rings. The molecular weight excluding hydrogens is 462 g/mol. The summed E-state index contributed by atoms with van der Waals surface area (Å²) in [6.45, 7) is 6.66. The van der Waals surface area contributed by atoms with Gasteiger partial charge in [-0.1, -0.05) is 6.07 Å². The molecule has 34 heavy (non-hydrogen) atoms. The van der Waals surface area contributed by atoms with Gasteiger partial charge in [0, 0.05) is 51.9 Å². The molecule has 0 bridgehead atoms. The van der Waals surface area contributed by atoms with Crippen molar-refractivity contribution in [3.05, 3.63) is 58.6 Å². The lowest BCUT2D eigenvalue weighted by Crippen LogP contribution is -2.50. The molecule has 1 aromatic heterocycles. The van der Waals surface area contributed by atoms with Gasteiger partial charge in [0.15, 0.2) is 0 Å². The molecule has 1 fully saturated rings. The maximum Gasteiger partial charge on any atom is 0.257 e. The number of fused-ring (bicyclic) bond motifs is 1. The predicted molar refractivity (Wildman–Crippen MR) is 127 cm³/mol. The number of nitrogens with zero attached hydrogens (tertiary/aromatic N) is 3. The standard InChI is InChI=1S/C24H28F2N4O3S/c1-16-28-21-13-18(5-6-22(21)34-16)33-15-17(31)14-30-11-9-29(10-12-30)8-7-27-24(32)23-19(25)3-2-4-20(23)26/h2-6,13,17,31H,7-12,14-15H2,1H3,(H,27,32)/t17-/m1/s1. The second-order valence-corrected chi connectivity index (χ2v) is 9.56. The van der Waals surface area contributed by atoms with Crippen LogP contribution in [0.5, 0.6) is 5.75 Å². The number of nitrogens with one attached hydrogen (secondary N) is 1. The first-order chi connectivity index (χ1) is 16.4. The summed E-state index contributed by atoms with van der Waals surface area (Å²) in [5, 5.41) is 14.0. The van der Waals surface area contributed by atoms with Crippen molar-refractivity contribution in [2.75, 3.05) is 52.4 Å².